The fourth-order valence-corrected chi connectivity index (χ4v) is 3.25. The number of aliphatic hydroxyl groups is 1. The lowest BCUT2D eigenvalue weighted by Gasteiger charge is -2.17. The Morgan fingerprint density at radius 2 is 1.97 bits per heavy atom. The Labute approximate surface area is 174 Å². The van der Waals surface area contributed by atoms with E-state index in [4.69, 9.17) is 9.41 Å². The van der Waals surface area contributed by atoms with E-state index in [1.54, 1.807) is 6.26 Å². The third-order valence-electron chi connectivity index (χ3n) is 4.72. The van der Waals surface area contributed by atoms with Crippen LogP contribution in [0.1, 0.15) is 44.9 Å². The smallest absolute Gasteiger partial charge is 0.226 e. The van der Waals surface area contributed by atoms with Gasteiger partial charge in [-0.15, -0.1) is 0 Å². The van der Waals surface area contributed by atoms with Crippen molar-refractivity contribution < 1.29 is 9.52 Å². The van der Waals surface area contributed by atoms with Crippen LogP contribution in [0.25, 0.3) is 11.5 Å². The van der Waals surface area contributed by atoms with Crippen molar-refractivity contribution in [2.75, 3.05) is 26.2 Å². The van der Waals surface area contributed by atoms with E-state index in [1.807, 2.05) is 12.1 Å². The zero-order chi connectivity index (χ0) is 21.1. The molecule has 1 aromatic carbocycles. The van der Waals surface area contributed by atoms with Gasteiger partial charge in [0.2, 0.25) is 5.89 Å². The van der Waals surface area contributed by atoms with Gasteiger partial charge in [0, 0.05) is 38.2 Å². The van der Waals surface area contributed by atoms with Crippen molar-refractivity contribution >= 4 is 5.96 Å². The number of benzene rings is 1. The molecule has 29 heavy (non-hydrogen) atoms. The predicted molar refractivity (Wildman–Crippen MR) is 119 cm³/mol. The molecule has 160 valence electrons. The largest absolute Gasteiger partial charge is 0.444 e. The van der Waals surface area contributed by atoms with Gasteiger partial charge in [-0.25, -0.2) is 4.98 Å². The van der Waals surface area contributed by atoms with Gasteiger partial charge >= 0.3 is 0 Å². The lowest BCUT2D eigenvalue weighted by atomic mass is 9.94. The van der Waals surface area contributed by atoms with Crippen molar-refractivity contribution in [2.24, 2.45) is 16.8 Å². The van der Waals surface area contributed by atoms with Crippen LogP contribution in [0.5, 0.6) is 0 Å². The molecule has 1 atom stereocenters. The number of nitrogens with zero attached hydrogens (tertiary/aromatic N) is 2. The van der Waals surface area contributed by atoms with E-state index in [-0.39, 0.29) is 6.61 Å². The number of guanidine groups is 1. The molecular weight excluding hydrogens is 364 g/mol. The second-order valence-corrected chi connectivity index (χ2v) is 7.91. The van der Waals surface area contributed by atoms with Crippen molar-refractivity contribution in [3.05, 3.63) is 41.8 Å². The molecule has 6 nitrogen and oxygen atoms in total. The maximum absolute atomic E-state index is 9.29. The second-order valence-electron chi connectivity index (χ2n) is 7.91. The summed E-state index contributed by atoms with van der Waals surface area (Å²) in [4.78, 5) is 9.31. The molecule has 0 saturated carbocycles. The summed E-state index contributed by atoms with van der Waals surface area (Å²) in [6, 6.07) is 8.17. The Hall–Kier alpha value is -2.34. The summed E-state index contributed by atoms with van der Waals surface area (Å²) in [6.45, 7) is 11.0. The monoisotopic (exact) mass is 400 g/mol. The van der Waals surface area contributed by atoms with Gasteiger partial charge in [-0.05, 0) is 50.7 Å². The molecule has 6 heteroatoms. The van der Waals surface area contributed by atoms with Crippen LogP contribution in [0.3, 0.4) is 0 Å². The van der Waals surface area contributed by atoms with Crippen LogP contribution < -0.4 is 10.6 Å². The SMILES string of the molecule is CCNC(=NCC(CCO)CC(C)C)NCCc1coc(-c2ccc(C)cc2)n1. The van der Waals surface area contributed by atoms with Gasteiger partial charge in [-0.2, -0.15) is 0 Å². The zero-order valence-corrected chi connectivity index (χ0v) is 18.2. The summed E-state index contributed by atoms with van der Waals surface area (Å²) in [7, 11) is 0. The summed E-state index contributed by atoms with van der Waals surface area (Å²) in [6.07, 6.45) is 4.35. The first-order valence-corrected chi connectivity index (χ1v) is 10.7. The standard InChI is InChI=1S/C23H36N4O2/c1-5-24-23(26-15-19(11-13-28)14-17(2)3)25-12-10-21-16-29-22(27-21)20-8-6-18(4)7-9-20/h6-9,16-17,19,28H,5,10-15H2,1-4H3,(H2,24,25,26). The first-order chi connectivity index (χ1) is 14.0. The minimum absolute atomic E-state index is 0.215. The Morgan fingerprint density at radius 3 is 2.62 bits per heavy atom. The predicted octanol–water partition coefficient (Wildman–Crippen LogP) is 3.79. The minimum atomic E-state index is 0.215. The number of oxazole rings is 1. The lowest BCUT2D eigenvalue weighted by Crippen LogP contribution is -2.38. The minimum Gasteiger partial charge on any atom is -0.444 e. The number of aromatic nitrogens is 1. The molecule has 0 radical (unpaired) electrons. The highest BCUT2D eigenvalue weighted by Gasteiger charge is 2.11. The van der Waals surface area contributed by atoms with Crippen molar-refractivity contribution in [1.82, 2.24) is 15.6 Å². The van der Waals surface area contributed by atoms with Gasteiger partial charge in [0.05, 0.1) is 5.69 Å². The Kier molecular flexibility index (Phi) is 9.71. The van der Waals surface area contributed by atoms with Gasteiger partial charge in [0.1, 0.15) is 6.26 Å². The molecule has 1 heterocycles. The van der Waals surface area contributed by atoms with E-state index in [9.17, 15) is 5.11 Å². The number of hydrogen-bond acceptors (Lipinski definition) is 4. The molecule has 0 aliphatic rings. The molecule has 0 spiro atoms. The van der Waals surface area contributed by atoms with Crippen molar-refractivity contribution in [2.45, 2.75) is 47.0 Å². The highest BCUT2D eigenvalue weighted by Crippen LogP contribution is 2.19. The van der Waals surface area contributed by atoms with Crippen LogP contribution in [-0.4, -0.2) is 42.3 Å². The topological polar surface area (TPSA) is 82.7 Å². The number of aliphatic hydroxyl groups excluding tert-OH is 1. The fraction of sp³-hybridized carbons (Fsp3) is 0.565. The average molecular weight is 401 g/mol. The molecule has 3 N–H and O–H groups in total. The lowest BCUT2D eigenvalue weighted by molar-refractivity contribution is 0.245. The highest BCUT2D eigenvalue weighted by molar-refractivity contribution is 5.79. The normalized spacial score (nSPS) is 13.0. The van der Waals surface area contributed by atoms with Gasteiger partial charge < -0.3 is 20.2 Å². The van der Waals surface area contributed by atoms with Gasteiger partial charge in [-0.1, -0.05) is 31.5 Å². The van der Waals surface area contributed by atoms with Crippen molar-refractivity contribution in [3.63, 3.8) is 0 Å². The number of aliphatic imine (C=N–C) groups is 1. The third-order valence-corrected chi connectivity index (χ3v) is 4.72. The van der Waals surface area contributed by atoms with E-state index < -0.39 is 0 Å². The summed E-state index contributed by atoms with van der Waals surface area (Å²) in [5, 5.41) is 15.9. The van der Waals surface area contributed by atoms with E-state index in [1.165, 1.54) is 5.56 Å². The van der Waals surface area contributed by atoms with E-state index in [2.05, 4.69) is 55.4 Å². The number of nitrogens with one attached hydrogen (secondary N) is 2. The molecule has 0 aliphatic carbocycles. The molecule has 1 aromatic heterocycles. The molecule has 2 aromatic rings. The van der Waals surface area contributed by atoms with Crippen LogP contribution in [-0.2, 0) is 6.42 Å². The molecule has 1 unspecified atom stereocenters. The Morgan fingerprint density at radius 1 is 1.21 bits per heavy atom. The van der Waals surface area contributed by atoms with E-state index in [0.717, 1.165) is 56.1 Å². The highest BCUT2D eigenvalue weighted by atomic mass is 16.3. The summed E-state index contributed by atoms with van der Waals surface area (Å²) in [5.41, 5.74) is 3.13. The molecule has 0 amide bonds. The van der Waals surface area contributed by atoms with Crippen LogP contribution >= 0.6 is 0 Å². The summed E-state index contributed by atoms with van der Waals surface area (Å²) < 4.78 is 5.63. The van der Waals surface area contributed by atoms with Gasteiger partial charge in [0.15, 0.2) is 5.96 Å². The van der Waals surface area contributed by atoms with E-state index >= 15 is 0 Å². The average Bonchev–Trinajstić information content (AvgIpc) is 3.15. The van der Waals surface area contributed by atoms with Crippen LogP contribution in [0.2, 0.25) is 0 Å². The summed E-state index contributed by atoms with van der Waals surface area (Å²) in [5.74, 6) is 2.47. The third kappa shape index (κ3) is 8.28. The zero-order valence-electron chi connectivity index (χ0n) is 18.2. The molecular formula is C23H36N4O2. The van der Waals surface area contributed by atoms with Gasteiger partial charge in [-0.3, -0.25) is 4.99 Å². The maximum Gasteiger partial charge on any atom is 0.226 e. The quantitative estimate of drug-likeness (QED) is 0.395. The van der Waals surface area contributed by atoms with Gasteiger partial charge in [0.25, 0.3) is 0 Å². The number of rotatable bonds is 11. The molecule has 0 aliphatic heterocycles. The molecule has 2 rings (SSSR count). The van der Waals surface area contributed by atoms with Crippen LogP contribution in [0.15, 0.2) is 39.9 Å². The molecule has 0 bridgehead atoms. The van der Waals surface area contributed by atoms with Crippen LogP contribution in [0.4, 0.5) is 0 Å². The van der Waals surface area contributed by atoms with Crippen molar-refractivity contribution in [1.29, 1.82) is 0 Å². The van der Waals surface area contributed by atoms with Crippen molar-refractivity contribution in [3.8, 4) is 11.5 Å². The first-order valence-electron chi connectivity index (χ1n) is 10.7. The molecule has 0 fully saturated rings. The maximum atomic E-state index is 9.29. The Balaban J connectivity index is 1.87. The Bertz CT molecular complexity index is 738. The number of aryl methyl sites for hydroxylation is 1. The molecule has 0 saturated heterocycles. The number of hydrogen-bond donors (Lipinski definition) is 3. The van der Waals surface area contributed by atoms with E-state index in [0.29, 0.717) is 17.7 Å². The summed E-state index contributed by atoms with van der Waals surface area (Å²) >= 11 is 0. The second kappa shape index (κ2) is 12.3. The first kappa shape index (κ1) is 22.9. The fourth-order valence-electron chi connectivity index (χ4n) is 3.25. The van der Waals surface area contributed by atoms with Crippen LogP contribution in [0, 0.1) is 18.8 Å².